The third-order valence-corrected chi connectivity index (χ3v) is 4.35. The third kappa shape index (κ3) is 3.31. The Morgan fingerprint density at radius 1 is 1.41 bits per heavy atom. The number of anilines is 1. The van der Waals surface area contributed by atoms with E-state index < -0.39 is 0 Å². The Hall–Kier alpha value is -0.360. The van der Waals surface area contributed by atoms with E-state index in [-0.39, 0.29) is 5.82 Å². The van der Waals surface area contributed by atoms with Gasteiger partial charge in [-0.3, -0.25) is 0 Å². The quantitative estimate of drug-likeness (QED) is 0.786. The van der Waals surface area contributed by atoms with Gasteiger partial charge < -0.3 is 5.32 Å². The fourth-order valence-corrected chi connectivity index (χ4v) is 2.76. The van der Waals surface area contributed by atoms with Crippen LogP contribution in [0.3, 0.4) is 0 Å². The topological polar surface area (TPSA) is 24.9 Å². The Morgan fingerprint density at radius 2 is 2.18 bits per heavy atom. The molecule has 1 aromatic heterocycles. The molecule has 90 valence electrons. The van der Waals surface area contributed by atoms with Crippen LogP contribution < -0.4 is 5.32 Å². The molecule has 0 aliphatic carbocycles. The summed E-state index contributed by atoms with van der Waals surface area (Å²) in [6, 6.07) is 2.66. The number of thiazole rings is 1. The number of benzene rings is 1. The monoisotopic (exact) mass is 354 g/mol. The van der Waals surface area contributed by atoms with Crippen LogP contribution in [0.2, 0.25) is 9.49 Å². The van der Waals surface area contributed by atoms with Crippen LogP contribution in [0.1, 0.15) is 4.88 Å². The molecular formula is C10H6BrCl2FN2S. The highest BCUT2D eigenvalue weighted by Crippen LogP contribution is 2.32. The Bertz CT molecular complexity index is 547. The molecule has 2 nitrogen and oxygen atoms in total. The van der Waals surface area contributed by atoms with E-state index in [1.165, 1.54) is 23.5 Å². The van der Waals surface area contributed by atoms with E-state index in [9.17, 15) is 4.39 Å². The number of nitrogens with zero attached hydrogens (tertiary/aromatic N) is 1. The average Bonchev–Trinajstić information content (AvgIpc) is 2.67. The van der Waals surface area contributed by atoms with Crippen molar-refractivity contribution in [2.75, 3.05) is 5.32 Å². The van der Waals surface area contributed by atoms with E-state index in [0.717, 1.165) is 4.88 Å². The van der Waals surface area contributed by atoms with Crippen molar-refractivity contribution in [1.29, 1.82) is 0 Å². The minimum Gasteiger partial charge on any atom is -0.379 e. The summed E-state index contributed by atoms with van der Waals surface area (Å²) in [6.45, 7) is 0.500. The minimum atomic E-state index is -0.355. The lowest BCUT2D eigenvalue weighted by atomic mass is 10.3. The molecule has 1 aromatic carbocycles. The van der Waals surface area contributed by atoms with Gasteiger partial charge in [0.2, 0.25) is 0 Å². The van der Waals surface area contributed by atoms with Crippen molar-refractivity contribution in [1.82, 2.24) is 4.98 Å². The molecule has 0 amide bonds. The number of aromatic nitrogens is 1. The summed E-state index contributed by atoms with van der Waals surface area (Å²) in [4.78, 5) is 4.86. The van der Waals surface area contributed by atoms with Gasteiger partial charge in [-0.05, 0) is 28.1 Å². The largest absolute Gasteiger partial charge is 0.379 e. The van der Waals surface area contributed by atoms with Crippen molar-refractivity contribution in [3.8, 4) is 0 Å². The van der Waals surface area contributed by atoms with E-state index in [1.807, 2.05) is 0 Å². The van der Waals surface area contributed by atoms with Crippen LogP contribution in [0.15, 0.2) is 22.8 Å². The van der Waals surface area contributed by atoms with Crippen molar-refractivity contribution in [3.63, 3.8) is 0 Å². The zero-order chi connectivity index (χ0) is 12.4. The molecular weight excluding hydrogens is 350 g/mol. The molecule has 0 aliphatic heterocycles. The second-order valence-corrected chi connectivity index (χ2v) is 6.11. The Kier molecular flexibility index (Phi) is 4.25. The molecule has 0 aliphatic rings. The Balaban J connectivity index is 2.14. The maximum absolute atomic E-state index is 13.2. The van der Waals surface area contributed by atoms with Crippen molar-refractivity contribution in [2.45, 2.75) is 6.54 Å². The smallest absolute Gasteiger partial charge is 0.183 e. The summed E-state index contributed by atoms with van der Waals surface area (Å²) in [7, 11) is 0. The predicted octanol–water partition coefficient (Wildman–Crippen LogP) is 4.96. The van der Waals surface area contributed by atoms with Gasteiger partial charge in [0.15, 0.2) is 4.47 Å². The van der Waals surface area contributed by atoms with Gasteiger partial charge in [-0.1, -0.05) is 23.2 Å². The zero-order valence-corrected chi connectivity index (χ0v) is 12.2. The van der Waals surface area contributed by atoms with E-state index in [0.29, 0.717) is 26.2 Å². The van der Waals surface area contributed by atoms with E-state index in [1.54, 1.807) is 6.20 Å². The lowest BCUT2D eigenvalue weighted by molar-refractivity contribution is 0.627. The van der Waals surface area contributed by atoms with Gasteiger partial charge >= 0.3 is 0 Å². The van der Waals surface area contributed by atoms with Gasteiger partial charge in [0, 0.05) is 15.5 Å². The summed E-state index contributed by atoms with van der Waals surface area (Å²) in [5, 5.41) is 3.48. The molecule has 0 radical (unpaired) electrons. The standard InChI is InChI=1S/C10H6BrCl2FN2S/c11-7-1-5(14)2-8(9(7)12)15-3-6-4-16-10(13)17-6/h1-2,4,15H,3H2. The average molecular weight is 356 g/mol. The fraction of sp³-hybridized carbons (Fsp3) is 0.100. The molecule has 0 bridgehead atoms. The first kappa shape index (κ1) is 13.1. The summed E-state index contributed by atoms with van der Waals surface area (Å²) < 4.78 is 14.2. The van der Waals surface area contributed by atoms with Crippen LogP contribution in [-0.2, 0) is 6.54 Å². The molecule has 1 heterocycles. The van der Waals surface area contributed by atoms with E-state index in [4.69, 9.17) is 23.2 Å². The normalized spacial score (nSPS) is 10.6. The van der Waals surface area contributed by atoms with Gasteiger partial charge in [0.05, 0.1) is 17.3 Å². The molecule has 1 N–H and O–H groups in total. The summed E-state index contributed by atoms with van der Waals surface area (Å²) in [6.07, 6.45) is 1.67. The highest BCUT2D eigenvalue weighted by atomic mass is 79.9. The molecule has 2 aromatic rings. The molecule has 0 fully saturated rings. The lowest BCUT2D eigenvalue weighted by Gasteiger charge is -2.08. The van der Waals surface area contributed by atoms with E-state index in [2.05, 4.69) is 26.2 Å². The van der Waals surface area contributed by atoms with Crippen LogP contribution in [0, 0.1) is 5.82 Å². The van der Waals surface area contributed by atoms with Gasteiger partial charge in [0.25, 0.3) is 0 Å². The minimum absolute atomic E-state index is 0.355. The highest BCUT2D eigenvalue weighted by Gasteiger charge is 2.08. The Morgan fingerprint density at radius 3 is 2.82 bits per heavy atom. The van der Waals surface area contributed by atoms with Gasteiger partial charge in [-0.2, -0.15) is 0 Å². The maximum atomic E-state index is 13.2. The molecule has 0 saturated carbocycles. The molecule has 17 heavy (non-hydrogen) atoms. The fourth-order valence-electron chi connectivity index (χ4n) is 1.23. The second kappa shape index (κ2) is 5.52. The molecule has 0 atom stereocenters. The summed E-state index contributed by atoms with van der Waals surface area (Å²) in [5.74, 6) is -0.355. The van der Waals surface area contributed by atoms with Crippen LogP contribution in [0.25, 0.3) is 0 Å². The number of hydrogen-bond donors (Lipinski definition) is 1. The number of halogens is 4. The summed E-state index contributed by atoms with van der Waals surface area (Å²) >= 11 is 16.3. The van der Waals surface area contributed by atoms with Gasteiger partial charge in [-0.15, -0.1) is 11.3 Å². The summed E-state index contributed by atoms with van der Waals surface area (Å²) in [5.41, 5.74) is 0.531. The van der Waals surface area contributed by atoms with Crippen molar-refractivity contribution >= 4 is 56.2 Å². The van der Waals surface area contributed by atoms with E-state index >= 15 is 0 Å². The first-order valence-corrected chi connectivity index (χ1v) is 6.91. The molecule has 0 spiro atoms. The van der Waals surface area contributed by atoms with Gasteiger partial charge in [-0.25, -0.2) is 9.37 Å². The number of hydrogen-bond acceptors (Lipinski definition) is 3. The van der Waals surface area contributed by atoms with Crippen molar-refractivity contribution < 1.29 is 4.39 Å². The van der Waals surface area contributed by atoms with Crippen LogP contribution in [0.5, 0.6) is 0 Å². The first-order chi connectivity index (χ1) is 8.06. The van der Waals surface area contributed by atoms with Crippen molar-refractivity contribution in [3.05, 3.63) is 43.0 Å². The molecule has 7 heteroatoms. The predicted molar refractivity (Wildman–Crippen MR) is 73.6 cm³/mol. The highest BCUT2D eigenvalue weighted by molar-refractivity contribution is 9.10. The van der Waals surface area contributed by atoms with Crippen molar-refractivity contribution in [2.24, 2.45) is 0 Å². The second-order valence-electron chi connectivity index (χ2n) is 3.18. The SMILES string of the molecule is Fc1cc(Br)c(Cl)c(NCc2cnc(Cl)s2)c1. The lowest BCUT2D eigenvalue weighted by Crippen LogP contribution is -1.99. The number of nitrogens with one attached hydrogen (secondary N) is 1. The number of rotatable bonds is 3. The molecule has 2 rings (SSSR count). The first-order valence-electron chi connectivity index (χ1n) is 4.55. The zero-order valence-electron chi connectivity index (χ0n) is 8.31. The Labute approximate surface area is 120 Å². The maximum Gasteiger partial charge on any atom is 0.183 e. The molecule has 0 saturated heterocycles. The van der Waals surface area contributed by atoms with Gasteiger partial charge in [0.1, 0.15) is 5.82 Å². The van der Waals surface area contributed by atoms with Crippen LogP contribution in [0.4, 0.5) is 10.1 Å². The van der Waals surface area contributed by atoms with Crippen LogP contribution >= 0.6 is 50.5 Å². The van der Waals surface area contributed by atoms with Crippen LogP contribution in [-0.4, -0.2) is 4.98 Å². The molecule has 0 unspecified atom stereocenters. The third-order valence-electron chi connectivity index (χ3n) is 1.97.